The number of esters is 1. The minimum Gasteiger partial charge on any atom is -0.422 e. The maximum absolute atomic E-state index is 12.6. The highest BCUT2D eigenvalue weighted by Gasteiger charge is 2.13. The maximum atomic E-state index is 12.6. The number of carbonyl (C=O) groups is 2. The van der Waals surface area contributed by atoms with Crippen LogP contribution in [0.1, 0.15) is 118 Å². The van der Waals surface area contributed by atoms with Crippen molar-refractivity contribution < 1.29 is 14.3 Å². The number of halogens is 1. The van der Waals surface area contributed by atoms with Gasteiger partial charge in [-0.2, -0.15) is 5.10 Å². The molecule has 2 rings (SSSR count). The third kappa shape index (κ3) is 13.1. The molecule has 0 saturated carbocycles. The van der Waals surface area contributed by atoms with E-state index < -0.39 is 5.97 Å². The van der Waals surface area contributed by atoms with Crippen LogP contribution in [-0.4, -0.2) is 18.1 Å². The van der Waals surface area contributed by atoms with Crippen LogP contribution in [0.15, 0.2) is 52.0 Å². The van der Waals surface area contributed by atoms with Gasteiger partial charge in [0.05, 0.1) is 11.8 Å². The first kappa shape index (κ1) is 30.8. The van der Waals surface area contributed by atoms with Crippen molar-refractivity contribution in [1.82, 2.24) is 5.43 Å². The zero-order chi connectivity index (χ0) is 26.7. The van der Waals surface area contributed by atoms with Gasteiger partial charge in [0.2, 0.25) is 5.91 Å². The Hall–Kier alpha value is -2.47. The molecule has 0 bridgehead atoms. The highest BCUT2D eigenvalue weighted by atomic mass is 79.9. The summed E-state index contributed by atoms with van der Waals surface area (Å²) in [4.78, 5) is 24.8. The molecule has 2 aromatic carbocycles. The first-order valence-corrected chi connectivity index (χ1v) is 14.7. The molecule has 202 valence electrons. The van der Waals surface area contributed by atoms with Gasteiger partial charge in [-0.3, -0.25) is 4.79 Å². The maximum Gasteiger partial charge on any atom is 0.343 e. The van der Waals surface area contributed by atoms with Gasteiger partial charge >= 0.3 is 5.97 Å². The average molecular weight is 572 g/mol. The number of ether oxygens (including phenoxy) is 1. The Balaban J connectivity index is 1.64. The quantitative estimate of drug-likeness (QED) is 0.0639. The van der Waals surface area contributed by atoms with E-state index >= 15 is 0 Å². The SMILES string of the molecule is CCCCCCCCCCCCCCCC(=O)NN=Cc1cc(Br)ccc1OC(=O)c1ccccc1C. The van der Waals surface area contributed by atoms with Crippen LogP contribution in [0.25, 0.3) is 0 Å². The number of unbranched alkanes of at least 4 members (excludes halogenated alkanes) is 12. The van der Waals surface area contributed by atoms with Gasteiger partial charge in [0.1, 0.15) is 5.75 Å². The number of nitrogens with zero attached hydrogens (tertiary/aromatic N) is 1. The van der Waals surface area contributed by atoms with E-state index in [1.54, 1.807) is 30.3 Å². The monoisotopic (exact) mass is 570 g/mol. The van der Waals surface area contributed by atoms with Crippen molar-refractivity contribution in [2.24, 2.45) is 5.10 Å². The van der Waals surface area contributed by atoms with Gasteiger partial charge in [0, 0.05) is 16.5 Å². The Morgan fingerprint density at radius 1 is 0.865 bits per heavy atom. The van der Waals surface area contributed by atoms with Crippen molar-refractivity contribution in [3.63, 3.8) is 0 Å². The zero-order valence-corrected chi connectivity index (χ0v) is 24.2. The summed E-state index contributed by atoms with van der Waals surface area (Å²) in [6.45, 7) is 4.13. The van der Waals surface area contributed by atoms with Crippen LogP contribution >= 0.6 is 15.9 Å². The summed E-state index contributed by atoms with van der Waals surface area (Å²) in [7, 11) is 0. The lowest BCUT2D eigenvalue weighted by atomic mass is 10.0. The summed E-state index contributed by atoms with van der Waals surface area (Å²) in [5, 5.41) is 4.08. The number of nitrogens with one attached hydrogen (secondary N) is 1. The molecular formula is C31H43BrN2O3. The average Bonchev–Trinajstić information content (AvgIpc) is 2.88. The highest BCUT2D eigenvalue weighted by Crippen LogP contribution is 2.23. The lowest BCUT2D eigenvalue weighted by Gasteiger charge is -2.09. The van der Waals surface area contributed by atoms with E-state index in [1.807, 2.05) is 19.1 Å². The standard InChI is InChI=1S/C31H43BrN2O3/c1-3-4-5-6-7-8-9-10-11-12-13-14-15-20-30(35)34-33-24-26-23-27(32)21-22-29(26)37-31(36)28-19-17-16-18-25(28)2/h16-19,21-24H,3-15,20H2,1-2H3,(H,34,35). The van der Waals surface area contributed by atoms with Crippen molar-refractivity contribution in [3.8, 4) is 5.75 Å². The molecule has 0 radical (unpaired) electrons. The van der Waals surface area contributed by atoms with Crippen LogP contribution in [0.3, 0.4) is 0 Å². The molecule has 6 heteroatoms. The Labute approximate surface area is 231 Å². The third-order valence-electron chi connectivity index (χ3n) is 6.44. The molecule has 1 N–H and O–H groups in total. The van der Waals surface area contributed by atoms with Crippen LogP contribution in [0.5, 0.6) is 5.75 Å². The second-order valence-electron chi connectivity index (χ2n) is 9.67. The highest BCUT2D eigenvalue weighted by molar-refractivity contribution is 9.10. The second kappa shape index (κ2) is 18.7. The molecule has 0 fully saturated rings. The molecule has 0 spiro atoms. The Bertz CT molecular complexity index is 990. The van der Waals surface area contributed by atoms with E-state index in [0.29, 0.717) is 23.3 Å². The van der Waals surface area contributed by atoms with E-state index in [2.05, 4.69) is 33.4 Å². The molecule has 0 aliphatic rings. The molecular weight excluding hydrogens is 528 g/mol. The Morgan fingerprint density at radius 2 is 1.46 bits per heavy atom. The van der Waals surface area contributed by atoms with Gasteiger partial charge in [-0.05, 0) is 43.2 Å². The van der Waals surface area contributed by atoms with Crippen molar-refractivity contribution in [3.05, 3.63) is 63.6 Å². The molecule has 2 aromatic rings. The van der Waals surface area contributed by atoms with Gasteiger partial charge in [-0.15, -0.1) is 0 Å². The Morgan fingerprint density at radius 3 is 2.08 bits per heavy atom. The van der Waals surface area contributed by atoms with Gasteiger partial charge in [-0.25, -0.2) is 10.2 Å². The van der Waals surface area contributed by atoms with Crippen LogP contribution in [0.2, 0.25) is 0 Å². The van der Waals surface area contributed by atoms with Crippen molar-refractivity contribution in [1.29, 1.82) is 0 Å². The molecule has 0 saturated heterocycles. The van der Waals surface area contributed by atoms with Crippen molar-refractivity contribution in [2.45, 2.75) is 104 Å². The number of benzene rings is 2. The normalized spacial score (nSPS) is 11.1. The largest absolute Gasteiger partial charge is 0.422 e. The summed E-state index contributed by atoms with van der Waals surface area (Å²) in [6, 6.07) is 12.6. The van der Waals surface area contributed by atoms with Gasteiger partial charge in [0.15, 0.2) is 0 Å². The second-order valence-corrected chi connectivity index (χ2v) is 10.6. The molecule has 0 aliphatic carbocycles. The molecule has 0 heterocycles. The van der Waals surface area contributed by atoms with Crippen LogP contribution < -0.4 is 10.2 Å². The summed E-state index contributed by atoms with van der Waals surface area (Å²) < 4.78 is 6.44. The number of hydrogen-bond donors (Lipinski definition) is 1. The zero-order valence-electron chi connectivity index (χ0n) is 22.6. The Kier molecular flexibility index (Phi) is 15.6. The van der Waals surface area contributed by atoms with E-state index in [0.717, 1.165) is 22.9 Å². The number of rotatable bonds is 18. The summed E-state index contributed by atoms with van der Waals surface area (Å²) >= 11 is 3.43. The number of hydrazone groups is 1. The van der Waals surface area contributed by atoms with E-state index in [1.165, 1.54) is 76.8 Å². The van der Waals surface area contributed by atoms with E-state index in [4.69, 9.17) is 4.74 Å². The van der Waals surface area contributed by atoms with E-state index in [9.17, 15) is 9.59 Å². The molecule has 0 atom stereocenters. The molecule has 0 aliphatic heterocycles. The van der Waals surface area contributed by atoms with Crippen LogP contribution in [0.4, 0.5) is 0 Å². The number of amides is 1. The van der Waals surface area contributed by atoms with Crippen LogP contribution in [0, 0.1) is 6.92 Å². The van der Waals surface area contributed by atoms with Gasteiger partial charge in [0.25, 0.3) is 0 Å². The first-order chi connectivity index (χ1) is 18.0. The molecule has 0 unspecified atom stereocenters. The molecule has 37 heavy (non-hydrogen) atoms. The number of hydrogen-bond acceptors (Lipinski definition) is 4. The fraction of sp³-hybridized carbons (Fsp3) is 0.516. The fourth-order valence-corrected chi connectivity index (χ4v) is 4.58. The summed E-state index contributed by atoms with van der Waals surface area (Å²) in [6.07, 6.45) is 18.6. The van der Waals surface area contributed by atoms with Crippen LogP contribution in [-0.2, 0) is 4.79 Å². The topological polar surface area (TPSA) is 67.8 Å². The number of carbonyl (C=O) groups excluding carboxylic acids is 2. The van der Waals surface area contributed by atoms with Gasteiger partial charge in [-0.1, -0.05) is 118 Å². The van der Waals surface area contributed by atoms with Crippen molar-refractivity contribution >= 4 is 34.0 Å². The van der Waals surface area contributed by atoms with Crippen molar-refractivity contribution in [2.75, 3.05) is 0 Å². The first-order valence-electron chi connectivity index (χ1n) is 13.9. The third-order valence-corrected chi connectivity index (χ3v) is 6.93. The smallest absolute Gasteiger partial charge is 0.343 e. The summed E-state index contributed by atoms with van der Waals surface area (Å²) in [5.74, 6) is -0.153. The molecule has 0 aromatic heterocycles. The lowest BCUT2D eigenvalue weighted by molar-refractivity contribution is -0.121. The fourth-order valence-electron chi connectivity index (χ4n) is 4.20. The van der Waals surface area contributed by atoms with E-state index in [-0.39, 0.29) is 5.91 Å². The minimum atomic E-state index is -0.429. The van der Waals surface area contributed by atoms with Gasteiger partial charge < -0.3 is 4.74 Å². The number of aryl methyl sites for hydroxylation is 1. The summed E-state index contributed by atoms with van der Waals surface area (Å²) in [5.41, 5.74) is 4.55. The molecule has 1 amide bonds. The minimum absolute atomic E-state index is 0.104. The predicted octanol–water partition coefficient (Wildman–Crippen LogP) is 8.91. The lowest BCUT2D eigenvalue weighted by Crippen LogP contribution is -2.17. The molecule has 5 nitrogen and oxygen atoms in total. The predicted molar refractivity (Wildman–Crippen MR) is 156 cm³/mol.